The summed E-state index contributed by atoms with van der Waals surface area (Å²) < 4.78 is 7.01. The topological polar surface area (TPSA) is 45.8 Å². The number of furan rings is 1. The summed E-state index contributed by atoms with van der Waals surface area (Å²) >= 11 is 8.11. The molecule has 0 unspecified atom stereocenters. The van der Waals surface area contributed by atoms with Crippen molar-refractivity contribution in [3.8, 4) is 0 Å². The van der Waals surface area contributed by atoms with Crippen LogP contribution in [0.3, 0.4) is 0 Å². The Balaban J connectivity index is 1.63. The molecule has 0 atom stereocenters. The molecule has 1 amide bonds. The number of hydrogen-bond donors (Lipinski definition) is 0. The van der Waals surface area contributed by atoms with Crippen molar-refractivity contribution in [2.24, 2.45) is 4.99 Å². The van der Waals surface area contributed by atoms with Crippen molar-refractivity contribution < 1.29 is 9.21 Å². The first-order valence-corrected chi connectivity index (χ1v) is 11.3. The number of benzene rings is 2. The van der Waals surface area contributed by atoms with Gasteiger partial charge in [-0.2, -0.15) is 0 Å². The van der Waals surface area contributed by atoms with Gasteiger partial charge in [-0.15, -0.1) is 0 Å². The van der Waals surface area contributed by atoms with E-state index in [4.69, 9.17) is 9.41 Å². The van der Waals surface area contributed by atoms with Crippen molar-refractivity contribution in [2.45, 2.75) is 13.1 Å². The molecular formula is C22H16Br2N2O2S. The third kappa shape index (κ3) is 4.91. The Morgan fingerprint density at radius 1 is 1.00 bits per heavy atom. The molecule has 1 aliphatic rings. The highest BCUT2D eigenvalue weighted by atomic mass is 79.9. The minimum absolute atomic E-state index is 0.0747. The number of carbonyl (C=O) groups excluding carboxylic acids is 1. The molecule has 0 aliphatic carbocycles. The quantitative estimate of drug-likeness (QED) is 0.354. The first-order chi connectivity index (χ1) is 14.1. The molecule has 0 saturated carbocycles. The van der Waals surface area contributed by atoms with Crippen molar-refractivity contribution in [1.82, 2.24) is 4.90 Å². The fraction of sp³-hybridized carbons (Fsp3) is 0.0909. The minimum Gasteiger partial charge on any atom is -0.449 e. The maximum Gasteiger partial charge on any atom is 0.267 e. The van der Waals surface area contributed by atoms with Crippen LogP contribution in [-0.2, 0) is 17.9 Å². The molecule has 3 aromatic rings. The second kappa shape index (κ2) is 9.15. The average Bonchev–Trinajstić information content (AvgIpc) is 3.21. The number of carbonyl (C=O) groups is 1. The Morgan fingerprint density at radius 2 is 1.66 bits per heavy atom. The lowest BCUT2D eigenvalue weighted by atomic mass is 10.2. The van der Waals surface area contributed by atoms with E-state index in [-0.39, 0.29) is 5.91 Å². The maximum atomic E-state index is 13.1. The standard InChI is InChI=1S/C22H16Br2N2O2S/c23-18-11-17(28-20(18)24)12-19-21(27)26(14-16-9-5-2-6-10-16)22(29-19)25-13-15-7-3-1-4-8-15/h1-12H,13-14H2/b19-12+,25-22?. The van der Waals surface area contributed by atoms with Crippen LogP contribution in [0.25, 0.3) is 6.08 Å². The van der Waals surface area contributed by atoms with Crippen LogP contribution in [0.2, 0.25) is 0 Å². The summed E-state index contributed by atoms with van der Waals surface area (Å²) in [5, 5.41) is 0.693. The highest BCUT2D eigenvalue weighted by Crippen LogP contribution is 2.36. The lowest BCUT2D eigenvalue weighted by Gasteiger charge is -2.15. The second-order valence-corrected chi connectivity index (χ2v) is 8.93. The summed E-state index contributed by atoms with van der Waals surface area (Å²) in [6, 6.07) is 21.8. The molecule has 0 N–H and O–H groups in total. The van der Waals surface area contributed by atoms with Gasteiger partial charge in [0.25, 0.3) is 5.91 Å². The van der Waals surface area contributed by atoms with Gasteiger partial charge in [0.15, 0.2) is 9.84 Å². The molecule has 0 radical (unpaired) electrons. The van der Waals surface area contributed by atoms with Crippen LogP contribution in [0, 0.1) is 0 Å². The summed E-state index contributed by atoms with van der Waals surface area (Å²) in [4.78, 5) is 20.2. The largest absolute Gasteiger partial charge is 0.449 e. The highest BCUT2D eigenvalue weighted by molar-refractivity contribution is 9.13. The van der Waals surface area contributed by atoms with E-state index < -0.39 is 0 Å². The van der Waals surface area contributed by atoms with E-state index >= 15 is 0 Å². The lowest BCUT2D eigenvalue weighted by Crippen LogP contribution is -2.28. The lowest BCUT2D eigenvalue weighted by molar-refractivity contribution is -0.122. The maximum absolute atomic E-state index is 13.1. The van der Waals surface area contributed by atoms with Gasteiger partial charge in [-0.3, -0.25) is 14.7 Å². The van der Waals surface area contributed by atoms with Crippen LogP contribution in [0.1, 0.15) is 16.9 Å². The zero-order valence-electron chi connectivity index (χ0n) is 15.2. The number of amides is 1. The molecule has 146 valence electrons. The number of thioether (sulfide) groups is 1. The molecule has 1 saturated heterocycles. The fourth-order valence-corrected chi connectivity index (χ4v) is 4.40. The number of hydrogen-bond acceptors (Lipinski definition) is 4. The van der Waals surface area contributed by atoms with E-state index in [9.17, 15) is 4.79 Å². The molecule has 4 nitrogen and oxygen atoms in total. The number of halogens is 2. The Kier molecular flexibility index (Phi) is 6.37. The van der Waals surface area contributed by atoms with Gasteiger partial charge >= 0.3 is 0 Å². The van der Waals surface area contributed by atoms with Gasteiger partial charge in [0, 0.05) is 6.08 Å². The SMILES string of the molecule is O=C1/C(=C\c2cc(Br)c(Br)o2)SC(=NCc2ccccc2)N1Cc1ccccc1. The first-order valence-electron chi connectivity index (χ1n) is 8.89. The molecular weight excluding hydrogens is 516 g/mol. The third-order valence-electron chi connectivity index (χ3n) is 4.25. The smallest absolute Gasteiger partial charge is 0.267 e. The highest BCUT2D eigenvalue weighted by Gasteiger charge is 2.33. The van der Waals surface area contributed by atoms with E-state index in [1.165, 1.54) is 11.8 Å². The molecule has 1 aliphatic heterocycles. The number of nitrogens with zero attached hydrogens (tertiary/aromatic N) is 2. The number of rotatable bonds is 5. The van der Waals surface area contributed by atoms with Crippen molar-refractivity contribution in [2.75, 3.05) is 0 Å². The monoisotopic (exact) mass is 530 g/mol. The zero-order chi connectivity index (χ0) is 20.2. The van der Waals surface area contributed by atoms with E-state index in [1.807, 2.05) is 66.7 Å². The number of aliphatic imine (C=N–C) groups is 1. The van der Waals surface area contributed by atoms with E-state index in [2.05, 4.69) is 31.9 Å². The third-order valence-corrected chi connectivity index (χ3v) is 7.00. The molecule has 1 aromatic heterocycles. The van der Waals surface area contributed by atoms with Crippen LogP contribution in [-0.4, -0.2) is 16.0 Å². The van der Waals surface area contributed by atoms with Crippen LogP contribution >= 0.6 is 43.6 Å². The molecule has 0 spiro atoms. The van der Waals surface area contributed by atoms with Crippen LogP contribution < -0.4 is 0 Å². The van der Waals surface area contributed by atoms with Gasteiger partial charge < -0.3 is 4.42 Å². The van der Waals surface area contributed by atoms with Crippen molar-refractivity contribution >= 4 is 60.8 Å². The normalized spacial score (nSPS) is 16.9. The molecule has 0 bridgehead atoms. The first kappa shape index (κ1) is 20.2. The molecule has 2 aromatic carbocycles. The van der Waals surface area contributed by atoms with Crippen LogP contribution in [0.15, 0.2) is 90.2 Å². The summed E-state index contributed by atoms with van der Waals surface area (Å²) in [6.07, 6.45) is 1.76. The summed E-state index contributed by atoms with van der Waals surface area (Å²) in [7, 11) is 0. The molecule has 29 heavy (non-hydrogen) atoms. The van der Waals surface area contributed by atoms with Gasteiger partial charge in [-0.05, 0) is 60.8 Å². The predicted molar refractivity (Wildman–Crippen MR) is 124 cm³/mol. The van der Waals surface area contributed by atoms with Crippen LogP contribution in [0.4, 0.5) is 0 Å². The Morgan fingerprint density at radius 3 is 2.28 bits per heavy atom. The van der Waals surface area contributed by atoms with Crippen molar-refractivity contribution in [3.63, 3.8) is 0 Å². The fourth-order valence-electron chi connectivity index (χ4n) is 2.84. The van der Waals surface area contributed by atoms with Gasteiger partial charge in [0.2, 0.25) is 0 Å². The summed E-state index contributed by atoms with van der Waals surface area (Å²) in [5.41, 5.74) is 2.16. The molecule has 4 rings (SSSR count). The van der Waals surface area contributed by atoms with Gasteiger partial charge in [0.05, 0.1) is 22.5 Å². The second-order valence-electron chi connectivity index (χ2n) is 6.34. The Labute approximate surface area is 190 Å². The average molecular weight is 532 g/mol. The molecule has 7 heteroatoms. The Bertz CT molecular complexity index is 1060. The van der Waals surface area contributed by atoms with E-state index in [0.717, 1.165) is 15.6 Å². The van der Waals surface area contributed by atoms with E-state index in [0.29, 0.717) is 33.6 Å². The van der Waals surface area contributed by atoms with Gasteiger partial charge in [-0.25, -0.2) is 0 Å². The molecule has 2 heterocycles. The van der Waals surface area contributed by atoms with Gasteiger partial charge in [-0.1, -0.05) is 60.7 Å². The number of amidine groups is 1. The predicted octanol–water partition coefficient (Wildman–Crippen LogP) is 6.48. The van der Waals surface area contributed by atoms with E-state index in [1.54, 1.807) is 11.0 Å². The summed E-state index contributed by atoms with van der Waals surface area (Å²) in [6.45, 7) is 0.996. The van der Waals surface area contributed by atoms with Crippen molar-refractivity contribution in [1.29, 1.82) is 0 Å². The van der Waals surface area contributed by atoms with Crippen LogP contribution in [0.5, 0.6) is 0 Å². The molecule has 1 fully saturated rings. The summed E-state index contributed by atoms with van der Waals surface area (Å²) in [5.74, 6) is 0.526. The van der Waals surface area contributed by atoms with Crippen molar-refractivity contribution in [3.05, 3.63) is 97.7 Å². The Hall–Kier alpha value is -2.09. The minimum atomic E-state index is -0.0747. The van der Waals surface area contributed by atoms with Gasteiger partial charge in [0.1, 0.15) is 5.76 Å². The zero-order valence-corrected chi connectivity index (χ0v) is 19.2.